The van der Waals surface area contributed by atoms with Crippen LogP contribution in [0.15, 0.2) is 41.8 Å². The van der Waals surface area contributed by atoms with Crippen LogP contribution >= 0.6 is 11.3 Å². The number of aromatic nitrogens is 4. The number of benzene rings is 1. The van der Waals surface area contributed by atoms with Gasteiger partial charge in [0.1, 0.15) is 6.33 Å². The van der Waals surface area contributed by atoms with Crippen molar-refractivity contribution in [3.8, 4) is 11.4 Å². The molecule has 0 aliphatic heterocycles. The smallest absolute Gasteiger partial charge is 0.191 e. The zero-order chi connectivity index (χ0) is 18.2. The number of aliphatic imine (C=N–C) groups is 1. The molecule has 0 bridgehead atoms. The van der Waals surface area contributed by atoms with Crippen LogP contribution in [0.4, 0.5) is 0 Å². The highest BCUT2D eigenvalue weighted by atomic mass is 32.1. The van der Waals surface area contributed by atoms with Gasteiger partial charge in [-0.3, -0.25) is 10.1 Å². The van der Waals surface area contributed by atoms with Crippen LogP contribution < -0.4 is 10.6 Å². The van der Waals surface area contributed by atoms with Crippen molar-refractivity contribution in [1.29, 1.82) is 0 Å². The third-order valence-corrected chi connectivity index (χ3v) is 5.08. The molecule has 7 nitrogen and oxygen atoms in total. The first-order chi connectivity index (χ1) is 12.8. The van der Waals surface area contributed by atoms with E-state index < -0.39 is 0 Å². The van der Waals surface area contributed by atoms with Gasteiger partial charge in [-0.2, -0.15) is 5.10 Å². The molecular formula is C18H23N7S. The molecule has 0 spiro atoms. The fourth-order valence-corrected chi connectivity index (χ4v) is 3.36. The predicted octanol–water partition coefficient (Wildman–Crippen LogP) is 2.40. The number of thiazole rings is 1. The van der Waals surface area contributed by atoms with E-state index in [2.05, 4.69) is 54.8 Å². The van der Waals surface area contributed by atoms with E-state index in [0.29, 0.717) is 6.54 Å². The average molecular weight is 369 g/mol. The van der Waals surface area contributed by atoms with Crippen molar-refractivity contribution in [2.75, 3.05) is 13.6 Å². The lowest BCUT2D eigenvalue weighted by Gasteiger charge is -2.12. The summed E-state index contributed by atoms with van der Waals surface area (Å²) in [7, 11) is 1.78. The normalized spacial score (nSPS) is 11.5. The maximum absolute atomic E-state index is 4.44. The number of nitrogens with one attached hydrogen (secondary N) is 3. The van der Waals surface area contributed by atoms with Crippen molar-refractivity contribution in [3.63, 3.8) is 0 Å². The van der Waals surface area contributed by atoms with Crippen LogP contribution in [-0.2, 0) is 19.4 Å². The Morgan fingerprint density at radius 3 is 2.92 bits per heavy atom. The van der Waals surface area contributed by atoms with Gasteiger partial charge in [-0.1, -0.05) is 25.1 Å². The summed E-state index contributed by atoms with van der Waals surface area (Å²) >= 11 is 1.78. The highest BCUT2D eigenvalue weighted by Gasteiger charge is 2.04. The number of guanidine groups is 1. The topological polar surface area (TPSA) is 90.9 Å². The summed E-state index contributed by atoms with van der Waals surface area (Å²) in [6.07, 6.45) is 5.42. The fraction of sp³-hybridized carbons (Fsp3) is 0.333. The molecule has 3 rings (SSSR count). The Balaban J connectivity index is 1.49. The van der Waals surface area contributed by atoms with Gasteiger partial charge in [0.2, 0.25) is 0 Å². The molecule has 3 aromatic rings. The van der Waals surface area contributed by atoms with E-state index in [1.54, 1.807) is 18.4 Å². The van der Waals surface area contributed by atoms with Crippen LogP contribution in [0, 0.1) is 0 Å². The molecule has 26 heavy (non-hydrogen) atoms. The SMILES string of the molecule is CCc1cnc(CCNC(=NC)NCc2cccc(-c3ncn[nH]3)c2)s1. The van der Waals surface area contributed by atoms with Crippen molar-refractivity contribution < 1.29 is 0 Å². The van der Waals surface area contributed by atoms with Crippen molar-refractivity contribution >= 4 is 17.3 Å². The van der Waals surface area contributed by atoms with Gasteiger partial charge in [0, 0.05) is 43.2 Å². The van der Waals surface area contributed by atoms with E-state index in [1.807, 2.05) is 18.3 Å². The summed E-state index contributed by atoms with van der Waals surface area (Å²) in [5.41, 5.74) is 2.16. The first-order valence-corrected chi connectivity index (χ1v) is 9.43. The number of rotatable bonds is 7. The predicted molar refractivity (Wildman–Crippen MR) is 105 cm³/mol. The summed E-state index contributed by atoms with van der Waals surface area (Å²) in [6.45, 7) is 3.63. The number of hydrogen-bond acceptors (Lipinski definition) is 5. The van der Waals surface area contributed by atoms with Crippen molar-refractivity contribution in [1.82, 2.24) is 30.8 Å². The van der Waals surface area contributed by atoms with Crippen molar-refractivity contribution in [2.45, 2.75) is 26.3 Å². The number of hydrogen-bond donors (Lipinski definition) is 3. The van der Waals surface area contributed by atoms with E-state index >= 15 is 0 Å². The molecule has 0 amide bonds. The van der Waals surface area contributed by atoms with E-state index in [4.69, 9.17) is 0 Å². The highest BCUT2D eigenvalue weighted by molar-refractivity contribution is 7.11. The molecule has 2 aromatic heterocycles. The molecule has 136 valence electrons. The monoisotopic (exact) mass is 369 g/mol. The second kappa shape index (κ2) is 9.10. The number of H-pyrrole nitrogens is 1. The maximum atomic E-state index is 4.44. The minimum atomic E-state index is 0.679. The Morgan fingerprint density at radius 2 is 2.19 bits per heavy atom. The highest BCUT2D eigenvalue weighted by Crippen LogP contribution is 2.15. The second-order valence-corrected chi connectivity index (χ2v) is 6.91. The Bertz CT molecular complexity index is 839. The Hall–Kier alpha value is -2.74. The van der Waals surface area contributed by atoms with Crippen molar-refractivity contribution in [3.05, 3.63) is 52.2 Å². The van der Waals surface area contributed by atoms with Gasteiger partial charge < -0.3 is 10.6 Å². The standard InChI is InChI=1S/C18H23N7S/c1-3-15-11-21-16(26-15)7-8-20-18(19-2)22-10-13-5-4-6-14(9-13)17-23-12-24-25-17/h4-6,9,11-12H,3,7-8,10H2,1-2H3,(H2,19,20,22)(H,23,24,25). The minimum absolute atomic E-state index is 0.679. The summed E-state index contributed by atoms with van der Waals surface area (Å²) < 4.78 is 0. The second-order valence-electron chi connectivity index (χ2n) is 5.71. The molecule has 0 aliphatic carbocycles. The summed E-state index contributed by atoms with van der Waals surface area (Å²) in [5, 5.41) is 14.6. The third kappa shape index (κ3) is 4.89. The van der Waals surface area contributed by atoms with Crippen LogP contribution in [-0.4, -0.2) is 39.7 Å². The molecule has 2 heterocycles. The third-order valence-electron chi connectivity index (χ3n) is 3.88. The summed E-state index contributed by atoms with van der Waals surface area (Å²) in [6, 6.07) is 8.18. The first-order valence-electron chi connectivity index (χ1n) is 8.61. The van der Waals surface area contributed by atoms with Crippen LogP contribution in [0.3, 0.4) is 0 Å². The molecule has 0 atom stereocenters. The van der Waals surface area contributed by atoms with Crippen LogP contribution in [0.25, 0.3) is 11.4 Å². The molecule has 0 radical (unpaired) electrons. The molecule has 0 aliphatic rings. The number of aromatic amines is 1. The van der Waals surface area contributed by atoms with Crippen molar-refractivity contribution in [2.24, 2.45) is 4.99 Å². The fourth-order valence-electron chi connectivity index (χ4n) is 2.49. The van der Waals surface area contributed by atoms with Gasteiger partial charge in [-0.05, 0) is 18.1 Å². The van der Waals surface area contributed by atoms with Crippen LogP contribution in [0.2, 0.25) is 0 Å². The summed E-state index contributed by atoms with van der Waals surface area (Å²) in [5.74, 6) is 1.55. The van der Waals surface area contributed by atoms with E-state index in [0.717, 1.165) is 47.3 Å². The first kappa shape index (κ1) is 18.1. The largest absolute Gasteiger partial charge is 0.356 e. The van der Waals surface area contributed by atoms with Gasteiger partial charge >= 0.3 is 0 Å². The molecule has 3 N–H and O–H groups in total. The van der Waals surface area contributed by atoms with Crippen LogP contribution in [0.1, 0.15) is 22.4 Å². The zero-order valence-corrected chi connectivity index (χ0v) is 15.8. The quantitative estimate of drug-likeness (QED) is 0.439. The molecule has 1 aromatic carbocycles. The number of nitrogens with zero attached hydrogens (tertiary/aromatic N) is 4. The molecule has 0 saturated heterocycles. The van der Waals surface area contributed by atoms with E-state index in [1.165, 1.54) is 11.2 Å². The molecule has 0 unspecified atom stereocenters. The number of aryl methyl sites for hydroxylation is 1. The molecule has 0 fully saturated rings. The van der Waals surface area contributed by atoms with Gasteiger partial charge in [0.25, 0.3) is 0 Å². The van der Waals surface area contributed by atoms with Crippen LogP contribution in [0.5, 0.6) is 0 Å². The Labute approximate surface area is 157 Å². The van der Waals surface area contributed by atoms with E-state index in [9.17, 15) is 0 Å². The lowest BCUT2D eigenvalue weighted by molar-refractivity contribution is 0.792. The Kier molecular flexibility index (Phi) is 6.32. The lowest BCUT2D eigenvalue weighted by Crippen LogP contribution is -2.37. The minimum Gasteiger partial charge on any atom is -0.356 e. The molecule has 8 heteroatoms. The molecule has 0 saturated carbocycles. The van der Waals surface area contributed by atoms with Gasteiger partial charge in [-0.15, -0.1) is 11.3 Å². The lowest BCUT2D eigenvalue weighted by atomic mass is 10.1. The maximum Gasteiger partial charge on any atom is 0.191 e. The summed E-state index contributed by atoms with van der Waals surface area (Å²) in [4.78, 5) is 14.2. The average Bonchev–Trinajstić information content (AvgIpc) is 3.36. The van der Waals surface area contributed by atoms with Gasteiger partial charge in [0.15, 0.2) is 11.8 Å². The zero-order valence-electron chi connectivity index (χ0n) is 15.0. The van der Waals surface area contributed by atoms with Gasteiger partial charge in [-0.25, -0.2) is 9.97 Å². The van der Waals surface area contributed by atoms with E-state index in [-0.39, 0.29) is 0 Å². The molecular weight excluding hydrogens is 346 g/mol. The van der Waals surface area contributed by atoms with Gasteiger partial charge in [0.05, 0.1) is 5.01 Å². The Morgan fingerprint density at radius 1 is 1.27 bits per heavy atom.